The summed E-state index contributed by atoms with van der Waals surface area (Å²) >= 11 is 0. The SMILES string of the molecule is Cc1cccc(C(=O)N[C@@H](C(=O)N2CCC3(CC2)C(=O)N(C)C(=O)N3c2ccccc2)C(C)C)c1. The molecule has 2 aromatic rings. The number of anilines is 1. The Balaban J connectivity index is 1.51. The highest BCUT2D eigenvalue weighted by Gasteiger charge is 2.58. The van der Waals surface area contributed by atoms with Crippen molar-refractivity contribution < 1.29 is 19.2 Å². The number of hydrogen-bond donors (Lipinski definition) is 1. The lowest BCUT2D eigenvalue weighted by Crippen LogP contribution is -2.60. The molecule has 0 unspecified atom stereocenters. The van der Waals surface area contributed by atoms with Gasteiger partial charge in [-0.2, -0.15) is 0 Å². The molecule has 2 aliphatic rings. The third kappa shape index (κ3) is 4.40. The third-order valence-electron chi connectivity index (χ3n) is 7.03. The summed E-state index contributed by atoms with van der Waals surface area (Å²) in [7, 11) is 1.50. The van der Waals surface area contributed by atoms with Crippen molar-refractivity contribution in [3.63, 3.8) is 0 Å². The van der Waals surface area contributed by atoms with Crippen molar-refractivity contribution in [2.45, 2.75) is 45.2 Å². The Morgan fingerprint density at radius 3 is 2.23 bits per heavy atom. The Bertz CT molecular complexity index is 1140. The van der Waals surface area contributed by atoms with Crippen molar-refractivity contribution in [1.29, 1.82) is 0 Å². The Morgan fingerprint density at radius 1 is 0.971 bits per heavy atom. The van der Waals surface area contributed by atoms with E-state index in [9.17, 15) is 19.2 Å². The van der Waals surface area contributed by atoms with E-state index in [1.54, 1.807) is 21.9 Å². The first-order chi connectivity index (χ1) is 16.7. The fraction of sp³-hybridized carbons (Fsp3) is 0.407. The highest BCUT2D eigenvalue weighted by atomic mass is 16.2. The van der Waals surface area contributed by atoms with E-state index in [-0.39, 0.29) is 29.7 Å². The number of amides is 5. The number of hydrogen-bond acceptors (Lipinski definition) is 4. The molecule has 0 bridgehead atoms. The van der Waals surface area contributed by atoms with Gasteiger partial charge in [-0.1, -0.05) is 49.7 Å². The van der Waals surface area contributed by atoms with Crippen molar-refractivity contribution >= 4 is 29.4 Å². The first-order valence-electron chi connectivity index (χ1n) is 12.0. The molecule has 8 heteroatoms. The maximum atomic E-state index is 13.5. The fourth-order valence-electron chi connectivity index (χ4n) is 5.02. The number of carbonyl (C=O) groups excluding carboxylic acids is 4. The lowest BCUT2D eigenvalue weighted by atomic mass is 9.85. The molecular weight excluding hydrogens is 444 g/mol. The summed E-state index contributed by atoms with van der Waals surface area (Å²) in [6.45, 7) is 6.35. The second-order valence-corrected chi connectivity index (χ2v) is 9.74. The zero-order chi connectivity index (χ0) is 25.3. The monoisotopic (exact) mass is 476 g/mol. The lowest BCUT2D eigenvalue weighted by molar-refractivity contribution is -0.139. The van der Waals surface area contributed by atoms with Gasteiger partial charge in [-0.15, -0.1) is 0 Å². The number of imide groups is 1. The van der Waals surface area contributed by atoms with Crippen LogP contribution in [0.25, 0.3) is 0 Å². The second kappa shape index (κ2) is 9.52. The van der Waals surface area contributed by atoms with E-state index in [2.05, 4.69) is 5.32 Å². The Morgan fingerprint density at radius 2 is 1.63 bits per heavy atom. The Kier molecular flexibility index (Phi) is 6.65. The maximum absolute atomic E-state index is 13.5. The average Bonchev–Trinajstić information content (AvgIpc) is 3.03. The van der Waals surface area contributed by atoms with Crippen LogP contribution in [0.4, 0.5) is 10.5 Å². The fourth-order valence-corrected chi connectivity index (χ4v) is 5.02. The Hall–Kier alpha value is -3.68. The number of piperidine rings is 1. The van der Waals surface area contributed by atoms with E-state index in [0.717, 1.165) is 5.56 Å². The van der Waals surface area contributed by atoms with E-state index in [4.69, 9.17) is 0 Å². The van der Waals surface area contributed by atoms with Crippen LogP contribution in [0.5, 0.6) is 0 Å². The van der Waals surface area contributed by atoms with Crippen LogP contribution in [0.15, 0.2) is 54.6 Å². The van der Waals surface area contributed by atoms with Gasteiger partial charge in [0, 0.05) is 31.4 Å². The summed E-state index contributed by atoms with van der Waals surface area (Å²) in [6.07, 6.45) is 0.665. The molecule has 0 aromatic heterocycles. The number of benzene rings is 2. The molecule has 1 atom stereocenters. The number of nitrogens with zero attached hydrogens (tertiary/aromatic N) is 3. The van der Waals surface area contributed by atoms with Gasteiger partial charge in [0.25, 0.3) is 11.8 Å². The van der Waals surface area contributed by atoms with Gasteiger partial charge in [-0.25, -0.2) is 4.79 Å². The van der Waals surface area contributed by atoms with Gasteiger partial charge in [-0.05, 0) is 49.9 Å². The highest BCUT2D eigenvalue weighted by molar-refractivity contribution is 6.16. The molecule has 0 radical (unpaired) electrons. The third-order valence-corrected chi connectivity index (χ3v) is 7.03. The molecule has 4 rings (SSSR count). The lowest BCUT2D eigenvalue weighted by Gasteiger charge is -2.43. The van der Waals surface area contributed by atoms with Crippen molar-refractivity contribution in [3.05, 3.63) is 65.7 Å². The number of urea groups is 1. The van der Waals surface area contributed by atoms with Crippen molar-refractivity contribution in [2.24, 2.45) is 5.92 Å². The normalized spacial score (nSPS) is 18.4. The number of aryl methyl sites for hydroxylation is 1. The molecule has 2 heterocycles. The minimum absolute atomic E-state index is 0.117. The topological polar surface area (TPSA) is 90.0 Å². The summed E-state index contributed by atoms with van der Waals surface area (Å²) < 4.78 is 0. The molecule has 5 amide bonds. The van der Waals surface area contributed by atoms with Gasteiger partial charge in [-0.3, -0.25) is 24.2 Å². The van der Waals surface area contributed by atoms with Crippen LogP contribution in [0.1, 0.15) is 42.6 Å². The van der Waals surface area contributed by atoms with Crippen molar-refractivity contribution in [3.8, 4) is 0 Å². The van der Waals surface area contributed by atoms with Crippen LogP contribution >= 0.6 is 0 Å². The summed E-state index contributed by atoms with van der Waals surface area (Å²) in [5.74, 6) is -0.824. The summed E-state index contributed by atoms with van der Waals surface area (Å²) in [4.78, 5) is 57.0. The molecule has 0 saturated carbocycles. The van der Waals surface area contributed by atoms with Crippen LogP contribution in [0, 0.1) is 12.8 Å². The van der Waals surface area contributed by atoms with Gasteiger partial charge in [0.05, 0.1) is 0 Å². The molecule has 2 aliphatic heterocycles. The number of carbonyl (C=O) groups is 4. The summed E-state index contributed by atoms with van der Waals surface area (Å²) in [6, 6.07) is 15.4. The van der Waals surface area contributed by atoms with Crippen LogP contribution in [0.3, 0.4) is 0 Å². The predicted molar refractivity (Wildman–Crippen MR) is 133 cm³/mol. The van der Waals surface area contributed by atoms with E-state index >= 15 is 0 Å². The minimum atomic E-state index is -1.01. The van der Waals surface area contributed by atoms with Gasteiger partial charge in [0.2, 0.25) is 5.91 Å². The number of likely N-dealkylation sites (N-methyl/N-ethyl adjacent to an activating group) is 1. The number of rotatable bonds is 5. The molecule has 0 aliphatic carbocycles. The second-order valence-electron chi connectivity index (χ2n) is 9.74. The zero-order valence-corrected chi connectivity index (χ0v) is 20.7. The van der Waals surface area contributed by atoms with Crippen LogP contribution < -0.4 is 10.2 Å². The largest absolute Gasteiger partial charge is 0.341 e. The molecule has 35 heavy (non-hydrogen) atoms. The molecule has 8 nitrogen and oxygen atoms in total. The molecular formula is C27H32N4O4. The van der Waals surface area contributed by atoms with Crippen LogP contribution in [0.2, 0.25) is 0 Å². The van der Waals surface area contributed by atoms with Gasteiger partial charge in [0.15, 0.2) is 0 Å². The van der Waals surface area contributed by atoms with E-state index in [0.29, 0.717) is 37.2 Å². The van der Waals surface area contributed by atoms with Crippen LogP contribution in [-0.2, 0) is 9.59 Å². The van der Waals surface area contributed by atoms with Crippen molar-refractivity contribution in [1.82, 2.24) is 15.1 Å². The van der Waals surface area contributed by atoms with Gasteiger partial charge < -0.3 is 10.2 Å². The Labute approximate surface area is 205 Å². The molecule has 184 valence electrons. The van der Waals surface area contributed by atoms with Gasteiger partial charge >= 0.3 is 6.03 Å². The number of nitrogens with one attached hydrogen (secondary N) is 1. The van der Waals surface area contributed by atoms with Crippen LogP contribution in [-0.4, -0.2) is 65.3 Å². The first kappa shape index (κ1) is 24.4. The van der Waals surface area contributed by atoms with Crippen molar-refractivity contribution in [2.75, 3.05) is 25.0 Å². The molecule has 2 aromatic carbocycles. The number of para-hydroxylation sites is 1. The summed E-state index contributed by atoms with van der Waals surface area (Å²) in [5.41, 5.74) is 1.13. The first-order valence-corrected chi connectivity index (χ1v) is 12.0. The quantitative estimate of drug-likeness (QED) is 0.671. The summed E-state index contributed by atoms with van der Waals surface area (Å²) in [5, 5.41) is 2.91. The number of likely N-dealkylation sites (tertiary alicyclic amines) is 1. The predicted octanol–water partition coefficient (Wildman–Crippen LogP) is 3.21. The maximum Gasteiger partial charge on any atom is 0.331 e. The minimum Gasteiger partial charge on any atom is -0.341 e. The van der Waals surface area contributed by atoms with Gasteiger partial charge in [0.1, 0.15) is 11.6 Å². The van der Waals surface area contributed by atoms with E-state index in [1.165, 1.54) is 11.9 Å². The van der Waals surface area contributed by atoms with E-state index < -0.39 is 11.6 Å². The smallest absolute Gasteiger partial charge is 0.331 e. The average molecular weight is 477 g/mol. The molecule has 2 saturated heterocycles. The zero-order valence-electron chi connectivity index (χ0n) is 20.7. The molecule has 1 N–H and O–H groups in total. The molecule has 1 spiro atoms. The highest BCUT2D eigenvalue weighted by Crippen LogP contribution is 2.40. The molecule has 2 fully saturated rings. The standard InChI is InChI=1S/C27H32N4O4/c1-18(2)22(28-23(32)20-10-8-9-19(3)17-20)24(33)30-15-13-27(14-16-30)25(34)29(4)26(35)31(27)21-11-6-5-7-12-21/h5-12,17-18,22H,13-16H2,1-4H3,(H,28,32)/t22-/m1/s1. The van der Waals surface area contributed by atoms with E-state index in [1.807, 2.05) is 63.2 Å².